The zero-order valence-electron chi connectivity index (χ0n) is 13.7. The van der Waals surface area contributed by atoms with Crippen LogP contribution >= 0.6 is 34.9 Å². The van der Waals surface area contributed by atoms with Gasteiger partial charge in [0.05, 0.1) is 5.75 Å². The standard InChI is InChI=1S/C17H21N3OS3/c1-2-3-11-22-16-18-19-17(24-16)23-12-15(21)20-10-6-8-13-7-4-5-9-14(13)20/h4-5,7,9H,2-3,6,8,10-12H2,1H3. The van der Waals surface area contributed by atoms with Gasteiger partial charge in [0, 0.05) is 18.0 Å². The van der Waals surface area contributed by atoms with Gasteiger partial charge in [-0.3, -0.25) is 4.79 Å². The summed E-state index contributed by atoms with van der Waals surface area (Å²) in [6.45, 7) is 3.00. The number of fused-ring (bicyclic) bond motifs is 1. The van der Waals surface area contributed by atoms with Gasteiger partial charge in [-0.25, -0.2) is 0 Å². The summed E-state index contributed by atoms with van der Waals surface area (Å²) in [6.07, 6.45) is 4.48. The minimum absolute atomic E-state index is 0.155. The lowest BCUT2D eigenvalue weighted by Crippen LogP contribution is -2.36. The van der Waals surface area contributed by atoms with E-state index in [1.165, 1.54) is 30.2 Å². The van der Waals surface area contributed by atoms with E-state index in [9.17, 15) is 4.79 Å². The highest BCUT2D eigenvalue weighted by atomic mass is 32.2. The first-order valence-corrected chi connectivity index (χ1v) is 11.0. The average Bonchev–Trinajstić information content (AvgIpc) is 3.07. The smallest absolute Gasteiger partial charge is 0.237 e. The first-order chi connectivity index (χ1) is 11.8. The summed E-state index contributed by atoms with van der Waals surface area (Å²) >= 11 is 4.84. The van der Waals surface area contributed by atoms with Crippen molar-refractivity contribution in [1.29, 1.82) is 0 Å². The number of benzene rings is 1. The van der Waals surface area contributed by atoms with E-state index in [1.54, 1.807) is 23.1 Å². The molecule has 0 fully saturated rings. The maximum Gasteiger partial charge on any atom is 0.237 e. The molecule has 24 heavy (non-hydrogen) atoms. The molecule has 0 aliphatic carbocycles. The molecule has 7 heteroatoms. The molecule has 0 atom stereocenters. The van der Waals surface area contributed by atoms with E-state index >= 15 is 0 Å². The molecule has 0 N–H and O–H groups in total. The molecular formula is C17H21N3OS3. The van der Waals surface area contributed by atoms with Gasteiger partial charge < -0.3 is 4.90 Å². The van der Waals surface area contributed by atoms with Crippen molar-refractivity contribution in [3.8, 4) is 0 Å². The molecule has 3 rings (SSSR count). The number of para-hydroxylation sites is 1. The maximum atomic E-state index is 12.6. The van der Waals surface area contributed by atoms with Gasteiger partial charge in [0.25, 0.3) is 0 Å². The minimum Gasteiger partial charge on any atom is -0.311 e. The Bertz CT molecular complexity index is 689. The van der Waals surface area contributed by atoms with Crippen molar-refractivity contribution in [2.75, 3.05) is 23.0 Å². The predicted molar refractivity (Wildman–Crippen MR) is 103 cm³/mol. The van der Waals surface area contributed by atoms with Crippen LogP contribution in [-0.2, 0) is 11.2 Å². The first kappa shape index (κ1) is 17.8. The van der Waals surface area contributed by atoms with E-state index in [4.69, 9.17) is 0 Å². The lowest BCUT2D eigenvalue weighted by atomic mass is 10.0. The summed E-state index contributed by atoms with van der Waals surface area (Å²) in [5.41, 5.74) is 2.34. The first-order valence-electron chi connectivity index (χ1n) is 8.25. The lowest BCUT2D eigenvalue weighted by molar-refractivity contribution is -0.116. The van der Waals surface area contributed by atoms with Gasteiger partial charge in [-0.05, 0) is 30.9 Å². The van der Waals surface area contributed by atoms with Crippen molar-refractivity contribution in [3.63, 3.8) is 0 Å². The van der Waals surface area contributed by atoms with Crippen LogP contribution in [0.3, 0.4) is 0 Å². The molecule has 1 aliphatic heterocycles. The van der Waals surface area contributed by atoms with Crippen molar-refractivity contribution < 1.29 is 4.79 Å². The van der Waals surface area contributed by atoms with Crippen molar-refractivity contribution in [3.05, 3.63) is 29.8 Å². The Morgan fingerprint density at radius 1 is 1.25 bits per heavy atom. The van der Waals surface area contributed by atoms with Gasteiger partial charge in [-0.1, -0.05) is 66.4 Å². The number of aromatic nitrogens is 2. The molecule has 2 heterocycles. The third-order valence-electron chi connectivity index (χ3n) is 3.84. The van der Waals surface area contributed by atoms with Gasteiger partial charge in [0.15, 0.2) is 8.68 Å². The van der Waals surface area contributed by atoms with E-state index in [-0.39, 0.29) is 5.91 Å². The molecule has 0 saturated heterocycles. The highest BCUT2D eigenvalue weighted by Crippen LogP contribution is 2.31. The van der Waals surface area contributed by atoms with Gasteiger partial charge in [0.1, 0.15) is 0 Å². The highest BCUT2D eigenvalue weighted by Gasteiger charge is 2.22. The van der Waals surface area contributed by atoms with Crippen molar-refractivity contribution in [2.45, 2.75) is 41.3 Å². The predicted octanol–water partition coefficient (Wildman–Crippen LogP) is 4.50. The topological polar surface area (TPSA) is 46.1 Å². The summed E-state index contributed by atoms with van der Waals surface area (Å²) < 4.78 is 1.88. The number of rotatable bonds is 7. The van der Waals surface area contributed by atoms with Crippen molar-refractivity contribution in [1.82, 2.24) is 10.2 Å². The van der Waals surface area contributed by atoms with Crippen LogP contribution in [0.4, 0.5) is 5.69 Å². The second-order valence-electron chi connectivity index (χ2n) is 5.60. The van der Waals surface area contributed by atoms with E-state index in [0.717, 1.165) is 39.5 Å². The van der Waals surface area contributed by atoms with Crippen LogP contribution in [0.5, 0.6) is 0 Å². The number of unbranched alkanes of at least 4 members (excludes halogenated alkanes) is 1. The van der Waals surface area contributed by atoms with Crippen LogP contribution in [0.1, 0.15) is 31.7 Å². The summed E-state index contributed by atoms with van der Waals surface area (Å²) in [5.74, 6) is 1.66. The average molecular weight is 380 g/mol. The van der Waals surface area contributed by atoms with E-state index in [1.807, 2.05) is 23.1 Å². The number of carbonyl (C=O) groups excluding carboxylic acids is 1. The molecule has 2 aromatic rings. The molecular weight excluding hydrogens is 358 g/mol. The Labute approximate surface area is 155 Å². The Hall–Kier alpha value is -1.05. The number of thioether (sulfide) groups is 2. The molecule has 128 valence electrons. The van der Waals surface area contributed by atoms with Crippen LogP contribution in [0.25, 0.3) is 0 Å². The van der Waals surface area contributed by atoms with Gasteiger partial charge in [0.2, 0.25) is 5.91 Å². The molecule has 1 aromatic carbocycles. The largest absolute Gasteiger partial charge is 0.311 e. The summed E-state index contributed by atoms with van der Waals surface area (Å²) in [4.78, 5) is 14.5. The summed E-state index contributed by atoms with van der Waals surface area (Å²) in [6, 6.07) is 8.21. The molecule has 0 unspecified atom stereocenters. The second-order valence-corrected chi connectivity index (χ2v) is 9.14. The van der Waals surface area contributed by atoms with Gasteiger partial charge in [-0.15, -0.1) is 10.2 Å². The van der Waals surface area contributed by atoms with E-state index < -0.39 is 0 Å². The quantitative estimate of drug-likeness (QED) is 0.523. The fourth-order valence-corrected chi connectivity index (χ4v) is 5.66. The number of amides is 1. The molecule has 1 amide bonds. The van der Waals surface area contributed by atoms with Crippen LogP contribution in [0, 0.1) is 0 Å². The van der Waals surface area contributed by atoms with Crippen LogP contribution in [0.2, 0.25) is 0 Å². The zero-order valence-corrected chi connectivity index (χ0v) is 16.2. The molecule has 1 aliphatic rings. The molecule has 4 nitrogen and oxygen atoms in total. The summed E-state index contributed by atoms with van der Waals surface area (Å²) in [7, 11) is 0. The van der Waals surface area contributed by atoms with Gasteiger partial charge >= 0.3 is 0 Å². The Balaban J connectivity index is 1.55. The fourth-order valence-electron chi connectivity index (χ4n) is 2.61. The Kier molecular flexibility index (Phi) is 6.57. The van der Waals surface area contributed by atoms with Crippen molar-refractivity contribution >= 4 is 46.5 Å². The monoisotopic (exact) mass is 379 g/mol. The number of hydrogen-bond acceptors (Lipinski definition) is 6. The van der Waals surface area contributed by atoms with E-state index in [0.29, 0.717) is 5.75 Å². The number of hydrogen-bond donors (Lipinski definition) is 0. The van der Waals surface area contributed by atoms with Gasteiger partial charge in [-0.2, -0.15) is 0 Å². The zero-order chi connectivity index (χ0) is 16.8. The SMILES string of the molecule is CCCCSc1nnc(SCC(=O)N2CCCc3ccccc32)s1. The van der Waals surface area contributed by atoms with Crippen LogP contribution in [-0.4, -0.2) is 34.2 Å². The van der Waals surface area contributed by atoms with Crippen molar-refractivity contribution in [2.24, 2.45) is 0 Å². The number of aryl methyl sites for hydroxylation is 1. The molecule has 1 aromatic heterocycles. The number of anilines is 1. The Morgan fingerprint density at radius 2 is 2.04 bits per heavy atom. The minimum atomic E-state index is 0.155. The fraction of sp³-hybridized carbons (Fsp3) is 0.471. The normalized spacial score (nSPS) is 13.8. The number of nitrogens with zero attached hydrogens (tertiary/aromatic N) is 3. The second kappa shape index (κ2) is 8.87. The third kappa shape index (κ3) is 4.52. The summed E-state index contributed by atoms with van der Waals surface area (Å²) in [5, 5.41) is 8.40. The maximum absolute atomic E-state index is 12.6. The molecule has 0 bridgehead atoms. The highest BCUT2D eigenvalue weighted by molar-refractivity contribution is 8.03. The molecule has 0 saturated carbocycles. The van der Waals surface area contributed by atoms with E-state index in [2.05, 4.69) is 23.2 Å². The third-order valence-corrected chi connectivity index (χ3v) is 7.10. The molecule has 0 spiro atoms. The Morgan fingerprint density at radius 3 is 2.88 bits per heavy atom. The lowest BCUT2D eigenvalue weighted by Gasteiger charge is -2.29. The number of carbonyl (C=O) groups is 1. The van der Waals surface area contributed by atoms with Crippen LogP contribution in [0.15, 0.2) is 32.9 Å². The van der Waals surface area contributed by atoms with Crippen LogP contribution < -0.4 is 4.90 Å². The molecule has 0 radical (unpaired) electrons.